The Morgan fingerprint density at radius 1 is 1.50 bits per heavy atom. The lowest BCUT2D eigenvalue weighted by Crippen LogP contribution is -2.41. The van der Waals surface area contributed by atoms with Crippen molar-refractivity contribution in [1.29, 1.82) is 0 Å². The molecule has 102 valence electrons. The SMILES string of the molecule is CC(C)C(CO)NC(=O)CCCc1ccc(Br)s1. The van der Waals surface area contributed by atoms with E-state index in [0.717, 1.165) is 16.6 Å². The molecule has 1 rings (SSSR count). The first-order valence-electron chi connectivity index (χ1n) is 6.17. The Balaban J connectivity index is 2.24. The number of rotatable bonds is 7. The molecule has 0 aliphatic rings. The summed E-state index contributed by atoms with van der Waals surface area (Å²) in [5, 5.41) is 12.0. The molecule has 0 aliphatic heterocycles. The lowest BCUT2D eigenvalue weighted by molar-refractivity contribution is -0.122. The van der Waals surface area contributed by atoms with E-state index in [1.807, 2.05) is 19.9 Å². The molecule has 5 heteroatoms. The Morgan fingerprint density at radius 2 is 2.22 bits per heavy atom. The molecule has 0 bridgehead atoms. The molecule has 1 aromatic rings. The van der Waals surface area contributed by atoms with Crippen LogP contribution in [-0.4, -0.2) is 23.7 Å². The van der Waals surface area contributed by atoms with Crippen LogP contribution in [0.15, 0.2) is 15.9 Å². The number of aryl methyl sites for hydroxylation is 1. The highest BCUT2D eigenvalue weighted by Gasteiger charge is 2.14. The number of hydrogen-bond acceptors (Lipinski definition) is 3. The van der Waals surface area contributed by atoms with Crippen LogP contribution in [0, 0.1) is 5.92 Å². The van der Waals surface area contributed by atoms with Gasteiger partial charge in [-0.15, -0.1) is 11.3 Å². The second-order valence-electron chi connectivity index (χ2n) is 4.66. The van der Waals surface area contributed by atoms with E-state index in [-0.39, 0.29) is 24.5 Å². The van der Waals surface area contributed by atoms with Gasteiger partial charge >= 0.3 is 0 Å². The summed E-state index contributed by atoms with van der Waals surface area (Å²) in [7, 11) is 0. The molecule has 0 fully saturated rings. The van der Waals surface area contributed by atoms with Gasteiger partial charge in [-0.25, -0.2) is 0 Å². The zero-order chi connectivity index (χ0) is 13.5. The number of halogens is 1. The van der Waals surface area contributed by atoms with E-state index >= 15 is 0 Å². The Kier molecular flexibility index (Phi) is 6.89. The van der Waals surface area contributed by atoms with Crippen molar-refractivity contribution in [2.24, 2.45) is 5.92 Å². The van der Waals surface area contributed by atoms with Gasteiger partial charge in [-0.1, -0.05) is 13.8 Å². The van der Waals surface area contributed by atoms with Crippen molar-refractivity contribution < 1.29 is 9.90 Å². The van der Waals surface area contributed by atoms with Gasteiger partial charge in [-0.05, 0) is 46.8 Å². The number of hydrogen-bond donors (Lipinski definition) is 2. The molecule has 1 heterocycles. The van der Waals surface area contributed by atoms with Crippen LogP contribution in [-0.2, 0) is 11.2 Å². The van der Waals surface area contributed by atoms with Crippen molar-refractivity contribution in [1.82, 2.24) is 5.32 Å². The summed E-state index contributed by atoms with van der Waals surface area (Å²) in [6.45, 7) is 3.98. The van der Waals surface area contributed by atoms with Crippen molar-refractivity contribution in [2.75, 3.05) is 6.61 Å². The summed E-state index contributed by atoms with van der Waals surface area (Å²) in [5.41, 5.74) is 0. The summed E-state index contributed by atoms with van der Waals surface area (Å²) in [5.74, 6) is 0.283. The maximum atomic E-state index is 11.7. The second-order valence-corrected chi connectivity index (χ2v) is 7.21. The molecule has 3 nitrogen and oxygen atoms in total. The molecular formula is C13H20BrNO2S. The lowest BCUT2D eigenvalue weighted by atomic mass is 10.1. The Morgan fingerprint density at radius 3 is 2.72 bits per heavy atom. The average Bonchev–Trinajstić information content (AvgIpc) is 2.71. The number of aliphatic hydroxyl groups is 1. The first-order valence-corrected chi connectivity index (χ1v) is 7.78. The minimum Gasteiger partial charge on any atom is -0.394 e. The van der Waals surface area contributed by atoms with Crippen molar-refractivity contribution in [3.63, 3.8) is 0 Å². The molecule has 0 saturated carbocycles. The average molecular weight is 334 g/mol. The Bertz CT molecular complexity index is 379. The Labute approximate surface area is 121 Å². The first-order chi connectivity index (χ1) is 8.52. The van der Waals surface area contributed by atoms with Crippen molar-refractivity contribution in [2.45, 2.75) is 39.2 Å². The summed E-state index contributed by atoms with van der Waals surface area (Å²) in [4.78, 5) is 13.0. The van der Waals surface area contributed by atoms with Gasteiger partial charge in [0.25, 0.3) is 0 Å². The van der Waals surface area contributed by atoms with Crippen LogP contribution in [0.1, 0.15) is 31.6 Å². The lowest BCUT2D eigenvalue weighted by Gasteiger charge is -2.19. The standard InChI is InChI=1S/C13H20BrNO2S/c1-9(2)11(8-16)15-13(17)5-3-4-10-6-7-12(14)18-10/h6-7,9,11,16H,3-5,8H2,1-2H3,(H,15,17). The van der Waals surface area contributed by atoms with Crippen LogP contribution in [0.25, 0.3) is 0 Å². The van der Waals surface area contributed by atoms with E-state index in [4.69, 9.17) is 5.11 Å². The fraction of sp³-hybridized carbons (Fsp3) is 0.615. The molecule has 1 unspecified atom stereocenters. The number of carbonyl (C=O) groups is 1. The fourth-order valence-electron chi connectivity index (χ4n) is 1.61. The van der Waals surface area contributed by atoms with E-state index in [2.05, 4.69) is 27.3 Å². The number of nitrogens with one attached hydrogen (secondary N) is 1. The van der Waals surface area contributed by atoms with Crippen molar-refractivity contribution in [3.8, 4) is 0 Å². The third-order valence-electron chi connectivity index (χ3n) is 2.80. The van der Waals surface area contributed by atoms with Gasteiger partial charge in [-0.2, -0.15) is 0 Å². The highest BCUT2D eigenvalue weighted by molar-refractivity contribution is 9.11. The van der Waals surface area contributed by atoms with Crippen LogP contribution in [0.4, 0.5) is 0 Å². The third-order valence-corrected chi connectivity index (χ3v) is 4.49. The topological polar surface area (TPSA) is 49.3 Å². The predicted molar refractivity (Wildman–Crippen MR) is 78.8 cm³/mol. The van der Waals surface area contributed by atoms with E-state index in [1.165, 1.54) is 4.88 Å². The molecule has 1 amide bonds. The van der Waals surface area contributed by atoms with E-state index < -0.39 is 0 Å². The molecule has 0 aliphatic carbocycles. The van der Waals surface area contributed by atoms with E-state index in [0.29, 0.717) is 6.42 Å². The Hall–Kier alpha value is -0.390. The van der Waals surface area contributed by atoms with E-state index in [9.17, 15) is 4.79 Å². The van der Waals surface area contributed by atoms with Crippen LogP contribution >= 0.6 is 27.3 Å². The quantitative estimate of drug-likeness (QED) is 0.805. The third kappa shape index (κ3) is 5.50. The molecule has 0 saturated heterocycles. The highest BCUT2D eigenvalue weighted by Crippen LogP contribution is 2.23. The van der Waals surface area contributed by atoms with Gasteiger partial charge in [-0.3, -0.25) is 4.79 Å². The summed E-state index contributed by atoms with van der Waals surface area (Å²) in [6, 6.07) is 3.98. The van der Waals surface area contributed by atoms with Gasteiger partial charge in [0, 0.05) is 11.3 Å². The van der Waals surface area contributed by atoms with Crippen molar-refractivity contribution in [3.05, 3.63) is 20.8 Å². The maximum Gasteiger partial charge on any atom is 0.220 e. The normalized spacial score (nSPS) is 12.7. The highest BCUT2D eigenvalue weighted by atomic mass is 79.9. The van der Waals surface area contributed by atoms with Crippen LogP contribution in [0.2, 0.25) is 0 Å². The fourth-order valence-corrected chi connectivity index (χ4v) is 3.14. The molecule has 1 aromatic heterocycles. The molecule has 2 N–H and O–H groups in total. The number of thiophene rings is 1. The van der Waals surface area contributed by atoms with Gasteiger partial charge in [0.2, 0.25) is 5.91 Å². The summed E-state index contributed by atoms with van der Waals surface area (Å²) < 4.78 is 1.13. The molecule has 18 heavy (non-hydrogen) atoms. The molecule has 0 aromatic carbocycles. The zero-order valence-corrected chi connectivity index (χ0v) is 13.2. The second kappa shape index (κ2) is 7.92. The van der Waals surface area contributed by atoms with Gasteiger partial charge in [0.05, 0.1) is 16.4 Å². The molecular weight excluding hydrogens is 314 g/mol. The number of aliphatic hydroxyl groups excluding tert-OH is 1. The van der Waals surface area contributed by atoms with Crippen LogP contribution < -0.4 is 5.32 Å². The monoisotopic (exact) mass is 333 g/mol. The minimum absolute atomic E-state index is 0.00127. The summed E-state index contributed by atoms with van der Waals surface area (Å²) in [6.07, 6.45) is 2.28. The van der Waals surface area contributed by atoms with E-state index in [1.54, 1.807) is 11.3 Å². The first kappa shape index (κ1) is 15.7. The summed E-state index contributed by atoms with van der Waals surface area (Å²) >= 11 is 5.13. The van der Waals surface area contributed by atoms with Crippen LogP contribution in [0.5, 0.6) is 0 Å². The van der Waals surface area contributed by atoms with Gasteiger partial charge < -0.3 is 10.4 Å². The van der Waals surface area contributed by atoms with Gasteiger partial charge in [0.1, 0.15) is 0 Å². The number of carbonyl (C=O) groups excluding carboxylic acids is 1. The minimum atomic E-state index is -0.131. The molecule has 1 atom stereocenters. The number of amides is 1. The van der Waals surface area contributed by atoms with Gasteiger partial charge in [0.15, 0.2) is 0 Å². The predicted octanol–water partition coefficient (Wildman–Crippen LogP) is 2.97. The zero-order valence-electron chi connectivity index (χ0n) is 10.8. The molecule has 0 spiro atoms. The van der Waals surface area contributed by atoms with Crippen molar-refractivity contribution >= 4 is 33.2 Å². The van der Waals surface area contributed by atoms with Crippen LogP contribution in [0.3, 0.4) is 0 Å². The maximum absolute atomic E-state index is 11.7. The smallest absolute Gasteiger partial charge is 0.220 e. The largest absolute Gasteiger partial charge is 0.394 e. The molecule has 0 radical (unpaired) electrons.